The number of rotatable bonds is 8. The Morgan fingerprint density at radius 2 is 1.59 bits per heavy atom. The topological polar surface area (TPSA) is 49.4 Å². The van der Waals surface area contributed by atoms with Crippen molar-refractivity contribution in [2.24, 2.45) is 0 Å². The maximum Gasteiger partial charge on any atom is 0.242 e. The van der Waals surface area contributed by atoms with Gasteiger partial charge in [0.15, 0.2) is 0 Å². The van der Waals surface area contributed by atoms with E-state index in [-0.39, 0.29) is 24.1 Å². The molecule has 4 nitrogen and oxygen atoms in total. The molecule has 0 saturated carbocycles. The van der Waals surface area contributed by atoms with Gasteiger partial charge in [0, 0.05) is 29.4 Å². The van der Waals surface area contributed by atoms with Gasteiger partial charge in [0.05, 0.1) is 5.75 Å². The van der Waals surface area contributed by atoms with Crippen molar-refractivity contribution < 1.29 is 9.59 Å². The molecule has 0 aliphatic rings. The first-order valence-corrected chi connectivity index (χ1v) is 10.4. The van der Waals surface area contributed by atoms with Crippen molar-refractivity contribution in [2.45, 2.75) is 25.3 Å². The maximum absolute atomic E-state index is 12.8. The fourth-order valence-corrected chi connectivity index (χ4v) is 3.94. The number of amides is 2. The van der Waals surface area contributed by atoms with Crippen LogP contribution in [0.5, 0.6) is 0 Å². The molecular weight excluding hydrogens is 403 g/mol. The Balaban J connectivity index is 2.07. The zero-order valence-corrected chi connectivity index (χ0v) is 17.6. The van der Waals surface area contributed by atoms with Crippen LogP contribution in [0.4, 0.5) is 0 Å². The molecular formula is C20H22Cl2N2O2S. The number of halogens is 2. The van der Waals surface area contributed by atoms with Gasteiger partial charge in [-0.3, -0.25) is 9.59 Å². The molecule has 0 fully saturated rings. The SMILES string of the molecule is CNC(=O)C(C)N(Cc1ccccc1Cl)C(=O)CSCc1ccccc1Cl. The molecule has 0 heterocycles. The Morgan fingerprint density at radius 3 is 2.15 bits per heavy atom. The Bertz CT molecular complexity index is 801. The highest BCUT2D eigenvalue weighted by Gasteiger charge is 2.25. The average Bonchev–Trinajstić information content (AvgIpc) is 2.67. The minimum atomic E-state index is -0.598. The number of hydrogen-bond donors (Lipinski definition) is 1. The highest BCUT2D eigenvalue weighted by molar-refractivity contribution is 7.99. The lowest BCUT2D eigenvalue weighted by molar-refractivity contribution is -0.138. The third-order valence-corrected chi connectivity index (χ3v) is 5.86. The summed E-state index contributed by atoms with van der Waals surface area (Å²) in [4.78, 5) is 26.5. The lowest BCUT2D eigenvalue weighted by Gasteiger charge is -2.28. The molecule has 0 radical (unpaired) electrons. The van der Waals surface area contributed by atoms with Crippen LogP contribution in [0.15, 0.2) is 48.5 Å². The predicted octanol–water partition coefficient (Wildman–Crippen LogP) is 4.39. The van der Waals surface area contributed by atoms with Crippen molar-refractivity contribution in [3.63, 3.8) is 0 Å². The molecule has 0 saturated heterocycles. The Kier molecular flexibility index (Phi) is 8.48. The van der Waals surface area contributed by atoms with Gasteiger partial charge in [-0.1, -0.05) is 59.6 Å². The third-order valence-electron chi connectivity index (χ3n) is 4.15. The van der Waals surface area contributed by atoms with Crippen molar-refractivity contribution in [2.75, 3.05) is 12.8 Å². The number of thioether (sulfide) groups is 1. The van der Waals surface area contributed by atoms with Crippen LogP contribution in [0.25, 0.3) is 0 Å². The second-order valence-electron chi connectivity index (χ2n) is 5.99. The van der Waals surface area contributed by atoms with E-state index in [9.17, 15) is 9.59 Å². The Morgan fingerprint density at radius 1 is 1.04 bits per heavy atom. The molecule has 0 aromatic heterocycles. The number of nitrogens with zero attached hydrogens (tertiary/aromatic N) is 1. The lowest BCUT2D eigenvalue weighted by Crippen LogP contribution is -2.47. The van der Waals surface area contributed by atoms with E-state index in [1.54, 1.807) is 24.9 Å². The summed E-state index contributed by atoms with van der Waals surface area (Å²) in [5.41, 5.74) is 1.79. The van der Waals surface area contributed by atoms with Gasteiger partial charge >= 0.3 is 0 Å². The normalized spacial score (nSPS) is 11.7. The third kappa shape index (κ3) is 6.16. The van der Waals surface area contributed by atoms with Crippen LogP contribution in [0, 0.1) is 0 Å². The molecule has 1 unspecified atom stereocenters. The molecule has 2 rings (SSSR count). The molecule has 2 amide bonds. The van der Waals surface area contributed by atoms with Crippen LogP contribution in [0.2, 0.25) is 10.0 Å². The van der Waals surface area contributed by atoms with E-state index in [0.29, 0.717) is 15.8 Å². The molecule has 27 heavy (non-hydrogen) atoms. The quantitative estimate of drug-likeness (QED) is 0.683. The smallest absolute Gasteiger partial charge is 0.242 e. The molecule has 1 N–H and O–H groups in total. The Hall–Kier alpha value is -1.69. The van der Waals surface area contributed by atoms with Crippen LogP contribution in [0.1, 0.15) is 18.1 Å². The fraction of sp³-hybridized carbons (Fsp3) is 0.300. The van der Waals surface area contributed by atoms with Crippen LogP contribution in [-0.4, -0.2) is 35.6 Å². The first kappa shape index (κ1) is 21.6. The van der Waals surface area contributed by atoms with Crippen molar-refractivity contribution in [1.29, 1.82) is 0 Å². The van der Waals surface area contributed by atoms with E-state index >= 15 is 0 Å². The van der Waals surface area contributed by atoms with Gasteiger partial charge in [-0.15, -0.1) is 11.8 Å². The van der Waals surface area contributed by atoms with Gasteiger partial charge in [0.2, 0.25) is 11.8 Å². The summed E-state index contributed by atoms with van der Waals surface area (Å²) in [5, 5.41) is 3.86. The summed E-state index contributed by atoms with van der Waals surface area (Å²) in [5.74, 6) is 0.533. The van der Waals surface area contributed by atoms with Crippen LogP contribution in [0.3, 0.4) is 0 Å². The molecule has 1 atom stereocenters. The molecule has 0 spiro atoms. The van der Waals surface area contributed by atoms with E-state index < -0.39 is 6.04 Å². The van der Waals surface area contributed by atoms with Gasteiger partial charge in [0.1, 0.15) is 6.04 Å². The van der Waals surface area contributed by atoms with E-state index in [1.807, 2.05) is 42.5 Å². The minimum Gasteiger partial charge on any atom is -0.357 e. The van der Waals surface area contributed by atoms with Gasteiger partial charge in [-0.05, 0) is 30.2 Å². The van der Waals surface area contributed by atoms with Crippen molar-refractivity contribution in [3.8, 4) is 0 Å². The van der Waals surface area contributed by atoms with Crippen molar-refractivity contribution in [1.82, 2.24) is 10.2 Å². The lowest BCUT2D eigenvalue weighted by atomic mass is 10.1. The number of likely N-dealkylation sites (N-methyl/N-ethyl adjacent to an activating group) is 1. The van der Waals surface area contributed by atoms with E-state index in [0.717, 1.165) is 11.1 Å². The van der Waals surface area contributed by atoms with Crippen LogP contribution >= 0.6 is 35.0 Å². The summed E-state index contributed by atoms with van der Waals surface area (Å²) in [6.45, 7) is 1.99. The van der Waals surface area contributed by atoms with E-state index in [4.69, 9.17) is 23.2 Å². The standard InChI is InChI=1S/C20H22Cl2N2O2S/c1-14(20(26)23-2)24(11-15-7-3-5-9-17(15)21)19(25)13-27-12-16-8-4-6-10-18(16)22/h3-10,14H,11-13H2,1-2H3,(H,23,26). The second-order valence-corrected chi connectivity index (χ2v) is 7.79. The van der Waals surface area contributed by atoms with Gasteiger partial charge in [0.25, 0.3) is 0 Å². The summed E-state index contributed by atoms with van der Waals surface area (Å²) in [7, 11) is 1.56. The zero-order chi connectivity index (χ0) is 19.8. The average molecular weight is 425 g/mol. The molecule has 7 heteroatoms. The monoisotopic (exact) mass is 424 g/mol. The Labute approximate surface area is 174 Å². The minimum absolute atomic E-state index is 0.122. The highest BCUT2D eigenvalue weighted by Crippen LogP contribution is 2.23. The van der Waals surface area contributed by atoms with Gasteiger partial charge < -0.3 is 10.2 Å². The first-order valence-electron chi connectivity index (χ1n) is 8.49. The summed E-state index contributed by atoms with van der Waals surface area (Å²) in [6.07, 6.45) is 0. The first-order chi connectivity index (χ1) is 12.9. The molecule has 2 aromatic carbocycles. The van der Waals surface area contributed by atoms with Crippen LogP contribution < -0.4 is 5.32 Å². The second kappa shape index (κ2) is 10.6. The fourth-order valence-electron chi connectivity index (χ4n) is 2.55. The number of carbonyl (C=O) groups is 2. The molecule has 0 aliphatic carbocycles. The molecule has 0 bridgehead atoms. The van der Waals surface area contributed by atoms with E-state index in [2.05, 4.69) is 5.32 Å². The number of hydrogen-bond acceptors (Lipinski definition) is 3. The number of benzene rings is 2. The van der Waals surface area contributed by atoms with Crippen molar-refractivity contribution >= 4 is 46.8 Å². The van der Waals surface area contributed by atoms with Crippen molar-refractivity contribution in [3.05, 3.63) is 69.7 Å². The highest BCUT2D eigenvalue weighted by atomic mass is 35.5. The predicted molar refractivity (Wildman–Crippen MR) is 113 cm³/mol. The zero-order valence-electron chi connectivity index (χ0n) is 15.2. The maximum atomic E-state index is 12.8. The number of carbonyl (C=O) groups excluding carboxylic acids is 2. The van der Waals surface area contributed by atoms with Gasteiger partial charge in [-0.2, -0.15) is 0 Å². The largest absolute Gasteiger partial charge is 0.357 e. The molecule has 2 aromatic rings. The number of nitrogens with one attached hydrogen (secondary N) is 1. The summed E-state index contributed by atoms with van der Waals surface area (Å²) < 4.78 is 0. The summed E-state index contributed by atoms with van der Waals surface area (Å²) in [6, 6.07) is 14.3. The van der Waals surface area contributed by atoms with Crippen LogP contribution in [-0.2, 0) is 21.9 Å². The molecule has 0 aliphatic heterocycles. The summed E-state index contributed by atoms with van der Waals surface area (Å²) >= 11 is 13.9. The molecule has 144 valence electrons. The van der Waals surface area contributed by atoms with Gasteiger partial charge in [-0.25, -0.2) is 0 Å². The van der Waals surface area contributed by atoms with E-state index in [1.165, 1.54) is 11.8 Å².